The molecular formula is C23H32ClN9O2. The zero-order valence-corrected chi connectivity index (χ0v) is 21.0. The van der Waals surface area contributed by atoms with Gasteiger partial charge in [0.25, 0.3) is 0 Å². The first kappa shape index (κ1) is 24.8. The van der Waals surface area contributed by atoms with Gasteiger partial charge in [0.1, 0.15) is 5.60 Å². The molecule has 11 nitrogen and oxygen atoms in total. The largest absolute Gasteiger partial charge is 0.444 e. The lowest BCUT2D eigenvalue weighted by molar-refractivity contribution is 0.0142. The fourth-order valence-corrected chi connectivity index (χ4v) is 4.03. The smallest absolute Gasteiger partial charge is 0.410 e. The second-order valence-corrected chi connectivity index (χ2v) is 9.90. The van der Waals surface area contributed by atoms with Crippen molar-refractivity contribution in [3.05, 3.63) is 46.5 Å². The summed E-state index contributed by atoms with van der Waals surface area (Å²) in [6.45, 7) is 10.4. The summed E-state index contributed by atoms with van der Waals surface area (Å²) in [6.07, 6.45) is 1.48. The van der Waals surface area contributed by atoms with Crippen molar-refractivity contribution in [3.63, 3.8) is 0 Å². The van der Waals surface area contributed by atoms with Crippen molar-refractivity contribution in [2.45, 2.75) is 39.5 Å². The molecule has 1 aliphatic rings. The van der Waals surface area contributed by atoms with Crippen LogP contribution in [-0.4, -0.2) is 74.0 Å². The Balaban J connectivity index is 1.37. The Labute approximate surface area is 208 Å². The van der Waals surface area contributed by atoms with E-state index in [-0.39, 0.29) is 12.0 Å². The zero-order chi connectivity index (χ0) is 25.0. The number of fused-ring (bicyclic) bond motifs is 1. The summed E-state index contributed by atoms with van der Waals surface area (Å²) in [5.41, 5.74) is 10.8. The molecule has 4 N–H and O–H groups in total. The van der Waals surface area contributed by atoms with E-state index in [0.29, 0.717) is 42.3 Å². The van der Waals surface area contributed by atoms with Crippen molar-refractivity contribution in [2.24, 2.45) is 5.10 Å². The van der Waals surface area contributed by atoms with E-state index in [1.54, 1.807) is 11.1 Å². The van der Waals surface area contributed by atoms with Gasteiger partial charge in [-0.2, -0.15) is 15.2 Å². The van der Waals surface area contributed by atoms with Gasteiger partial charge in [-0.3, -0.25) is 4.90 Å². The number of hydrogen-bond donors (Lipinski definition) is 3. The molecule has 1 saturated heterocycles. The minimum atomic E-state index is -0.489. The second-order valence-electron chi connectivity index (χ2n) is 9.46. The Kier molecular flexibility index (Phi) is 7.46. The first-order chi connectivity index (χ1) is 16.7. The maximum absolute atomic E-state index is 12.3. The minimum Gasteiger partial charge on any atom is -0.444 e. The van der Waals surface area contributed by atoms with Crippen LogP contribution in [0.1, 0.15) is 26.3 Å². The second kappa shape index (κ2) is 10.5. The molecule has 0 unspecified atom stereocenters. The number of nitrogen functional groups attached to an aromatic ring is 1. The van der Waals surface area contributed by atoms with Crippen LogP contribution < -0.4 is 16.6 Å². The van der Waals surface area contributed by atoms with Crippen LogP contribution in [0, 0.1) is 0 Å². The third-order valence-corrected chi connectivity index (χ3v) is 5.79. The molecule has 35 heavy (non-hydrogen) atoms. The molecule has 1 aromatic carbocycles. The molecule has 0 atom stereocenters. The Morgan fingerprint density at radius 1 is 1.26 bits per heavy atom. The van der Waals surface area contributed by atoms with Crippen LogP contribution in [0.3, 0.4) is 0 Å². The molecule has 1 fully saturated rings. The third-order valence-electron chi connectivity index (χ3n) is 5.55. The molecule has 0 bridgehead atoms. The van der Waals surface area contributed by atoms with Gasteiger partial charge in [0.2, 0.25) is 5.95 Å². The Hall–Kier alpha value is -3.31. The summed E-state index contributed by atoms with van der Waals surface area (Å²) in [6, 6.07) is 7.59. The van der Waals surface area contributed by atoms with Gasteiger partial charge in [-0.15, -0.1) is 0 Å². The summed E-state index contributed by atoms with van der Waals surface area (Å²) in [5, 5.41) is 10.4. The third kappa shape index (κ3) is 6.64. The number of carbonyl (C=O) groups excluding carboxylic acids is 1. The van der Waals surface area contributed by atoms with E-state index < -0.39 is 5.60 Å². The van der Waals surface area contributed by atoms with E-state index in [0.717, 1.165) is 30.6 Å². The van der Waals surface area contributed by atoms with Crippen LogP contribution in [0.25, 0.3) is 11.0 Å². The maximum Gasteiger partial charge on any atom is 0.410 e. The van der Waals surface area contributed by atoms with Gasteiger partial charge in [0.15, 0.2) is 11.1 Å². The summed E-state index contributed by atoms with van der Waals surface area (Å²) in [7, 11) is 0. The van der Waals surface area contributed by atoms with Crippen LogP contribution in [-0.2, 0) is 17.8 Å². The molecule has 188 valence electrons. The topological polar surface area (TPSA) is 130 Å². The predicted octanol–water partition coefficient (Wildman–Crippen LogP) is 2.15. The van der Waals surface area contributed by atoms with Crippen molar-refractivity contribution in [1.29, 1.82) is 0 Å². The number of nitrogens with two attached hydrogens (primary N) is 1. The van der Waals surface area contributed by atoms with Gasteiger partial charge >= 0.3 is 6.09 Å². The molecule has 3 heterocycles. The number of H-pyrrole nitrogens is 1. The van der Waals surface area contributed by atoms with E-state index in [4.69, 9.17) is 22.1 Å². The van der Waals surface area contributed by atoms with Gasteiger partial charge in [-0.05, 0) is 38.5 Å². The highest BCUT2D eigenvalue weighted by Crippen LogP contribution is 2.13. The predicted molar refractivity (Wildman–Crippen MR) is 134 cm³/mol. The SMILES string of the molecule is CC(C)(C)OC(=O)N1CCN(CCn2ncc3/c(=N/NCc4cccc(Cl)c4)[nH]c(N)nc32)CC1. The number of anilines is 1. The van der Waals surface area contributed by atoms with Gasteiger partial charge in [-0.1, -0.05) is 23.7 Å². The lowest BCUT2D eigenvalue weighted by Crippen LogP contribution is -2.50. The molecule has 0 spiro atoms. The zero-order valence-electron chi connectivity index (χ0n) is 20.3. The Morgan fingerprint density at radius 2 is 2.03 bits per heavy atom. The maximum atomic E-state index is 12.3. The number of nitrogens with zero attached hydrogens (tertiary/aromatic N) is 6. The van der Waals surface area contributed by atoms with Crippen molar-refractivity contribution < 1.29 is 9.53 Å². The average molecular weight is 502 g/mol. The molecule has 3 aromatic rings. The molecular weight excluding hydrogens is 470 g/mol. The Bertz CT molecular complexity index is 1240. The summed E-state index contributed by atoms with van der Waals surface area (Å²) in [4.78, 5) is 23.8. The van der Waals surface area contributed by atoms with Crippen molar-refractivity contribution in [1.82, 2.24) is 35.0 Å². The highest BCUT2D eigenvalue weighted by molar-refractivity contribution is 6.30. The fourth-order valence-electron chi connectivity index (χ4n) is 3.82. The molecule has 4 rings (SSSR count). The lowest BCUT2D eigenvalue weighted by atomic mass is 10.2. The number of benzene rings is 1. The quantitative estimate of drug-likeness (QED) is 0.441. The van der Waals surface area contributed by atoms with Crippen LogP contribution in [0.2, 0.25) is 5.02 Å². The highest BCUT2D eigenvalue weighted by Gasteiger charge is 2.25. The molecule has 12 heteroatoms. The number of rotatable bonds is 6. The number of aromatic nitrogens is 4. The van der Waals surface area contributed by atoms with E-state index >= 15 is 0 Å². The van der Waals surface area contributed by atoms with E-state index in [9.17, 15) is 4.79 Å². The molecule has 0 radical (unpaired) electrons. The van der Waals surface area contributed by atoms with Gasteiger partial charge in [0, 0.05) is 37.7 Å². The monoisotopic (exact) mass is 501 g/mol. The molecule has 0 aliphatic carbocycles. The van der Waals surface area contributed by atoms with Gasteiger partial charge in [-0.25, -0.2) is 9.48 Å². The van der Waals surface area contributed by atoms with Crippen LogP contribution >= 0.6 is 11.6 Å². The van der Waals surface area contributed by atoms with Gasteiger partial charge < -0.3 is 25.8 Å². The van der Waals surface area contributed by atoms with Crippen LogP contribution in [0.15, 0.2) is 35.6 Å². The number of piperazine rings is 1. The standard InChI is InChI=1S/C23H32ClN9O2/c1-23(2,3)35-22(34)32-10-7-31(8-11-32)9-12-33-20-18(15-27-33)19(28-21(25)29-20)30-26-14-16-5-4-6-17(24)13-16/h4-6,13,15,26H,7-12,14H2,1-3H3,(H3,25,28,29,30). The Morgan fingerprint density at radius 3 is 2.74 bits per heavy atom. The van der Waals surface area contributed by atoms with E-state index in [1.807, 2.05) is 49.7 Å². The number of carbonyl (C=O) groups is 1. The number of nitrogens with one attached hydrogen (secondary N) is 2. The summed E-state index contributed by atoms with van der Waals surface area (Å²) < 4.78 is 7.30. The lowest BCUT2D eigenvalue weighted by Gasteiger charge is -2.35. The normalized spacial score (nSPS) is 15.5. The molecule has 1 aliphatic heterocycles. The first-order valence-electron chi connectivity index (χ1n) is 11.6. The highest BCUT2D eigenvalue weighted by atomic mass is 35.5. The molecule has 1 amide bonds. The minimum absolute atomic E-state index is 0.258. The van der Waals surface area contributed by atoms with E-state index in [1.165, 1.54) is 0 Å². The summed E-state index contributed by atoms with van der Waals surface area (Å²) in [5.74, 6) is 0.258. The summed E-state index contributed by atoms with van der Waals surface area (Å²) >= 11 is 6.05. The van der Waals surface area contributed by atoms with E-state index in [2.05, 4.69) is 30.5 Å². The fraction of sp³-hybridized carbons (Fsp3) is 0.478. The number of amides is 1. The van der Waals surface area contributed by atoms with Crippen molar-refractivity contribution in [3.8, 4) is 0 Å². The van der Waals surface area contributed by atoms with Crippen molar-refractivity contribution >= 4 is 34.7 Å². The van der Waals surface area contributed by atoms with Crippen LogP contribution in [0.5, 0.6) is 0 Å². The number of ether oxygens (including phenoxy) is 1. The van der Waals surface area contributed by atoms with Gasteiger partial charge in [0.05, 0.1) is 24.7 Å². The molecule has 0 saturated carbocycles. The van der Waals surface area contributed by atoms with Crippen molar-refractivity contribution in [2.75, 3.05) is 38.5 Å². The molecule has 2 aromatic heterocycles. The van der Waals surface area contributed by atoms with Crippen LogP contribution in [0.4, 0.5) is 10.7 Å². The first-order valence-corrected chi connectivity index (χ1v) is 12.0. The number of aromatic amines is 1. The number of halogens is 1. The average Bonchev–Trinajstić information content (AvgIpc) is 3.19. The number of hydrogen-bond acceptors (Lipinski definition) is 8.